The Morgan fingerprint density at radius 3 is 2.48 bits per heavy atom. The highest BCUT2D eigenvalue weighted by Gasteiger charge is 2.54. The molecule has 0 radical (unpaired) electrons. The van der Waals surface area contributed by atoms with Gasteiger partial charge >= 0.3 is 12.0 Å². The number of urea groups is 1. The third-order valence-electron chi connectivity index (χ3n) is 5.75. The highest BCUT2D eigenvalue weighted by molar-refractivity contribution is 6.23. The summed E-state index contributed by atoms with van der Waals surface area (Å²) in [6, 6.07) is 7.19. The van der Waals surface area contributed by atoms with Gasteiger partial charge in [-0.25, -0.2) is 9.37 Å². The predicted molar refractivity (Wildman–Crippen MR) is 111 cm³/mol. The molecule has 3 amide bonds. The summed E-state index contributed by atoms with van der Waals surface area (Å²) in [5.41, 5.74) is 3.12. The molecule has 1 saturated heterocycles. The number of nitrogens with zero attached hydrogens (tertiary/aromatic N) is 6. The molecule has 0 saturated carbocycles. The van der Waals surface area contributed by atoms with Gasteiger partial charge < -0.3 is 0 Å². The normalized spacial score (nSPS) is 22.0. The van der Waals surface area contributed by atoms with E-state index >= 15 is 0 Å². The van der Waals surface area contributed by atoms with Gasteiger partial charge in [-0.2, -0.15) is 0 Å². The lowest BCUT2D eigenvalue weighted by molar-refractivity contribution is -0.528. The van der Waals surface area contributed by atoms with Crippen LogP contribution in [0.25, 0.3) is 0 Å². The lowest BCUT2D eigenvalue weighted by atomic mass is 9.89. The van der Waals surface area contributed by atoms with E-state index in [1.165, 1.54) is 22.4 Å². The number of likely N-dealkylation sites (N-methyl/N-ethyl adjacent to an activating group) is 2. The van der Waals surface area contributed by atoms with E-state index in [0.717, 1.165) is 11.3 Å². The highest BCUT2D eigenvalue weighted by atomic mass is 16.2. The van der Waals surface area contributed by atoms with Crippen molar-refractivity contribution in [2.24, 2.45) is 15.5 Å². The molecule has 3 aliphatic rings. The standard InChI is InChI=1S/C21H27N6O2/c1-13-9-7-8-10-14(13)11-27-19-22-17-16(18(28)25(6)20(29)24(17)5)26(19)12-15(23-27)21(2,3)4/h7-10,16H,11-12H2,1-6H3/q+1. The number of amidine groups is 1. The number of hydrazone groups is 1. The number of amides is 3. The summed E-state index contributed by atoms with van der Waals surface area (Å²) in [6.07, 6.45) is 0. The molecule has 4 rings (SSSR count). The number of imide groups is 1. The summed E-state index contributed by atoms with van der Waals surface area (Å²) in [7, 11) is 3.18. The van der Waals surface area contributed by atoms with Crippen LogP contribution >= 0.6 is 0 Å². The van der Waals surface area contributed by atoms with E-state index in [4.69, 9.17) is 10.1 Å². The van der Waals surface area contributed by atoms with Crippen LogP contribution in [0.5, 0.6) is 0 Å². The van der Waals surface area contributed by atoms with Gasteiger partial charge in [-0.05, 0) is 18.1 Å². The summed E-state index contributed by atoms with van der Waals surface area (Å²) in [4.78, 5) is 32.7. The van der Waals surface area contributed by atoms with E-state index < -0.39 is 6.04 Å². The Hall–Kier alpha value is -3.03. The maximum Gasteiger partial charge on any atom is 0.417 e. The zero-order valence-electron chi connectivity index (χ0n) is 17.8. The van der Waals surface area contributed by atoms with E-state index in [1.54, 1.807) is 7.05 Å². The lowest BCUT2D eigenvalue weighted by Gasteiger charge is -2.33. The van der Waals surface area contributed by atoms with Crippen molar-refractivity contribution >= 4 is 29.4 Å². The van der Waals surface area contributed by atoms with Crippen LogP contribution in [0.2, 0.25) is 0 Å². The number of hydrogen-bond donors (Lipinski definition) is 0. The van der Waals surface area contributed by atoms with Crippen molar-refractivity contribution < 1.29 is 14.2 Å². The lowest BCUT2D eigenvalue weighted by Crippen LogP contribution is -2.62. The van der Waals surface area contributed by atoms with Crippen molar-refractivity contribution in [1.29, 1.82) is 0 Å². The summed E-state index contributed by atoms with van der Waals surface area (Å²) >= 11 is 0. The Labute approximate surface area is 170 Å². The van der Waals surface area contributed by atoms with E-state index in [0.29, 0.717) is 24.9 Å². The number of carbonyl (C=O) groups excluding carboxylic acids is 2. The van der Waals surface area contributed by atoms with Gasteiger partial charge in [-0.15, -0.1) is 10.1 Å². The molecule has 1 unspecified atom stereocenters. The third-order valence-corrected chi connectivity index (χ3v) is 5.75. The predicted octanol–water partition coefficient (Wildman–Crippen LogP) is 1.89. The molecule has 1 aromatic carbocycles. The van der Waals surface area contributed by atoms with Crippen molar-refractivity contribution in [2.75, 3.05) is 20.6 Å². The minimum absolute atomic E-state index is 0.163. The SMILES string of the molecule is Cc1ccccc1CN1N=C(C(C)(C)C)C[N+]2=C1N=C1C2C(=O)N(C)C(=O)N1C. The second-order valence-electron chi connectivity index (χ2n) is 8.82. The van der Waals surface area contributed by atoms with Gasteiger partial charge in [0.05, 0.1) is 5.71 Å². The number of hydrogen-bond acceptors (Lipinski definition) is 5. The molecule has 1 atom stereocenters. The second-order valence-corrected chi connectivity index (χ2v) is 8.82. The van der Waals surface area contributed by atoms with Crippen LogP contribution in [0, 0.1) is 12.3 Å². The molecule has 8 heteroatoms. The molecule has 3 heterocycles. The van der Waals surface area contributed by atoms with Crippen molar-refractivity contribution in [2.45, 2.75) is 40.3 Å². The number of fused-ring (bicyclic) bond motifs is 2. The third kappa shape index (κ3) is 3.03. The van der Waals surface area contributed by atoms with Gasteiger partial charge in [0.2, 0.25) is 11.9 Å². The number of aliphatic imine (C=N–C) groups is 1. The van der Waals surface area contributed by atoms with Crippen LogP contribution in [-0.2, 0) is 11.3 Å². The first-order valence-corrected chi connectivity index (χ1v) is 9.77. The first-order valence-electron chi connectivity index (χ1n) is 9.77. The Bertz CT molecular complexity index is 1000. The molecular weight excluding hydrogens is 368 g/mol. The smallest absolute Gasteiger partial charge is 0.270 e. The summed E-state index contributed by atoms with van der Waals surface area (Å²) in [5.74, 6) is 0.825. The first kappa shape index (κ1) is 19.3. The molecule has 1 fully saturated rings. The fourth-order valence-electron chi connectivity index (χ4n) is 3.78. The van der Waals surface area contributed by atoms with Crippen molar-refractivity contribution in [3.8, 4) is 0 Å². The summed E-state index contributed by atoms with van der Waals surface area (Å²) in [5, 5.41) is 6.78. The monoisotopic (exact) mass is 395 g/mol. The van der Waals surface area contributed by atoms with Crippen LogP contribution in [-0.4, -0.2) is 75.5 Å². The van der Waals surface area contributed by atoms with Crippen LogP contribution in [0.15, 0.2) is 34.4 Å². The van der Waals surface area contributed by atoms with Gasteiger partial charge in [0.25, 0.3) is 5.91 Å². The van der Waals surface area contributed by atoms with E-state index in [1.807, 2.05) is 21.7 Å². The van der Waals surface area contributed by atoms with Gasteiger partial charge in [0.1, 0.15) is 13.1 Å². The van der Waals surface area contributed by atoms with E-state index in [9.17, 15) is 9.59 Å². The second kappa shape index (κ2) is 6.50. The van der Waals surface area contributed by atoms with Crippen molar-refractivity contribution in [3.05, 3.63) is 35.4 Å². The van der Waals surface area contributed by atoms with Gasteiger partial charge in [-0.3, -0.25) is 14.6 Å². The van der Waals surface area contributed by atoms with Crippen molar-refractivity contribution in [1.82, 2.24) is 14.8 Å². The van der Waals surface area contributed by atoms with Gasteiger partial charge in [0.15, 0.2) is 0 Å². The topological polar surface area (TPSA) is 71.6 Å². The number of carbonyl (C=O) groups is 2. The van der Waals surface area contributed by atoms with Gasteiger partial charge in [0, 0.05) is 19.5 Å². The molecule has 0 aromatic heterocycles. The maximum atomic E-state index is 13.0. The largest absolute Gasteiger partial charge is 0.417 e. The number of guanidine groups is 1. The van der Waals surface area contributed by atoms with Crippen LogP contribution < -0.4 is 0 Å². The zero-order valence-corrected chi connectivity index (χ0v) is 17.8. The van der Waals surface area contributed by atoms with Crippen molar-refractivity contribution in [3.63, 3.8) is 0 Å². The molecule has 8 nitrogen and oxygen atoms in total. The van der Waals surface area contributed by atoms with Crippen LogP contribution in [0.4, 0.5) is 4.79 Å². The van der Waals surface area contributed by atoms with E-state index in [-0.39, 0.29) is 17.4 Å². The Kier molecular flexibility index (Phi) is 4.33. The van der Waals surface area contributed by atoms with E-state index in [2.05, 4.69) is 39.8 Å². The fraction of sp³-hybridized carbons (Fsp3) is 0.476. The Morgan fingerprint density at radius 1 is 1.14 bits per heavy atom. The molecule has 3 aliphatic heterocycles. The molecule has 0 spiro atoms. The minimum Gasteiger partial charge on any atom is -0.270 e. The molecule has 1 aromatic rings. The first-order chi connectivity index (χ1) is 13.6. The average Bonchev–Trinajstić information content (AvgIpc) is 3.06. The summed E-state index contributed by atoms with van der Waals surface area (Å²) < 4.78 is 1.98. The Balaban J connectivity index is 1.80. The molecule has 0 N–H and O–H groups in total. The molecule has 0 bridgehead atoms. The molecule has 152 valence electrons. The molecule has 0 aliphatic carbocycles. The molecule has 29 heavy (non-hydrogen) atoms. The fourth-order valence-corrected chi connectivity index (χ4v) is 3.78. The highest BCUT2D eigenvalue weighted by Crippen LogP contribution is 2.27. The molecular formula is C21H27N6O2+. The zero-order chi connectivity index (χ0) is 21.1. The van der Waals surface area contributed by atoms with Gasteiger partial charge in [-0.1, -0.05) is 50.0 Å². The van der Waals surface area contributed by atoms with Crippen LogP contribution in [0.3, 0.4) is 0 Å². The average molecular weight is 395 g/mol. The minimum atomic E-state index is -0.607. The number of benzene rings is 1. The number of rotatable bonds is 2. The maximum absolute atomic E-state index is 13.0. The Morgan fingerprint density at radius 2 is 1.83 bits per heavy atom. The number of aryl methyl sites for hydroxylation is 1. The quantitative estimate of drug-likeness (QED) is 0.718. The van der Waals surface area contributed by atoms with Crippen LogP contribution in [0.1, 0.15) is 31.9 Å². The summed E-state index contributed by atoms with van der Waals surface area (Å²) in [6.45, 7) is 9.47.